The molecule has 0 N–H and O–H groups in total. The first-order valence-electron chi connectivity index (χ1n) is 18.3. The Bertz CT molecular complexity index is 323. The Labute approximate surface area is 301 Å². The molecule has 0 saturated carbocycles. The predicted molar refractivity (Wildman–Crippen MR) is 183 cm³/mol. The quantitative estimate of drug-likeness (QED) is 0.130. The van der Waals surface area contributed by atoms with Gasteiger partial charge in [0.15, 0.2) is 0 Å². The molecule has 0 rings (SSSR count). The molecule has 6 heteroatoms. The van der Waals surface area contributed by atoms with Crippen LogP contribution in [-0.2, 0) is 0 Å². The van der Waals surface area contributed by atoms with Crippen LogP contribution in [0.2, 0.25) is 0 Å². The van der Waals surface area contributed by atoms with Crippen LogP contribution >= 0.6 is 0 Å². The summed E-state index contributed by atoms with van der Waals surface area (Å²) in [6, 6.07) is 0. The van der Waals surface area contributed by atoms with Crippen molar-refractivity contribution in [2.75, 3.05) is 78.5 Å². The maximum absolute atomic E-state index is 2.31. The van der Waals surface area contributed by atoms with Crippen molar-refractivity contribution in [2.45, 2.75) is 160 Å². The molecule has 0 unspecified atom stereocenters. The number of quaternary nitrogens is 3. The van der Waals surface area contributed by atoms with E-state index in [1.165, 1.54) is 169 Å². The normalized spacial score (nSPS) is 11.1. The Morgan fingerprint density at radius 2 is 0.262 bits per heavy atom. The first-order valence-corrected chi connectivity index (χ1v) is 18.3. The van der Waals surface area contributed by atoms with Gasteiger partial charge < -0.3 is 64.4 Å². The van der Waals surface area contributed by atoms with Gasteiger partial charge in [0.05, 0.1) is 78.5 Å². The molecule has 0 aromatic carbocycles. The minimum atomic E-state index is 0. The maximum Gasteiger partial charge on any atom is 0.0783 e. The summed E-state index contributed by atoms with van der Waals surface area (Å²) in [7, 11) is 0. The van der Waals surface area contributed by atoms with Gasteiger partial charge in [0.1, 0.15) is 0 Å². The van der Waals surface area contributed by atoms with Crippen molar-refractivity contribution in [3.8, 4) is 0 Å². The summed E-state index contributed by atoms with van der Waals surface area (Å²) in [4.78, 5) is 0. The van der Waals surface area contributed by atoms with Crippen molar-refractivity contribution in [3.05, 3.63) is 0 Å². The molecule has 42 heavy (non-hydrogen) atoms. The zero-order valence-corrected chi connectivity index (χ0v) is 36.2. The third-order valence-electron chi connectivity index (χ3n) is 8.38. The first kappa shape index (κ1) is 55.7. The summed E-state index contributed by atoms with van der Waals surface area (Å²) in [6.07, 6.45) is 16.0. The van der Waals surface area contributed by atoms with E-state index in [0.717, 1.165) is 0 Å². The van der Waals surface area contributed by atoms with E-state index in [9.17, 15) is 0 Å². The van der Waals surface area contributed by atoms with Crippen molar-refractivity contribution in [3.63, 3.8) is 0 Å². The van der Waals surface area contributed by atoms with E-state index in [4.69, 9.17) is 0 Å². The van der Waals surface area contributed by atoms with Crippen LogP contribution in [0.5, 0.6) is 0 Å². The second-order valence-electron chi connectivity index (χ2n) is 12.7. The molecule has 0 spiro atoms. The van der Waals surface area contributed by atoms with E-state index in [0.29, 0.717) is 0 Å². The average molecular weight is 799 g/mol. The van der Waals surface area contributed by atoms with Crippen LogP contribution in [0.4, 0.5) is 0 Å². The van der Waals surface area contributed by atoms with Crippen molar-refractivity contribution >= 4 is 0 Å². The SMILES string of the molecule is CCC[N+](CCC)(CCC)CCC.CCC[N+](CCC)(CCC)CCC.CCC[N+](CCC)(CCC)CCC.[Br-].[Br-].[Br-]. The van der Waals surface area contributed by atoms with Gasteiger partial charge >= 0.3 is 0 Å². The van der Waals surface area contributed by atoms with Gasteiger partial charge in [-0.1, -0.05) is 83.1 Å². The van der Waals surface area contributed by atoms with Gasteiger partial charge in [-0.2, -0.15) is 0 Å². The number of halogens is 3. The minimum Gasteiger partial charge on any atom is -1.00 e. The topological polar surface area (TPSA) is 0 Å². The zero-order chi connectivity index (χ0) is 30.5. The maximum atomic E-state index is 2.31. The van der Waals surface area contributed by atoms with Crippen LogP contribution in [0.15, 0.2) is 0 Å². The summed E-state index contributed by atoms with van der Waals surface area (Å²) in [6.45, 7) is 44.4. The fourth-order valence-electron chi connectivity index (χ4n) is 7.70. The predicted octanol–water partition coefficient (Wildman–Crippen LogP) is 1.34. The van der Waals surface area contributed by atoms with Gasteiger partial charge in [0.2, 0.25) is 0 Å². The highest BCUT2D eigenvalue weighted by Crippen LogP contribution is 2.14. The molecular weight excluding hydrogens is 714 g/mol. The highest BCUT2D eigenvalue weighted by atomic mass is 79.9. The summed E-state index contributed by atoms with van der Waals surface area (Å²) in [5.41, 5.74) is 0. The summed E-state index contributed by atoms with van der Waals surface area (Å²) in [5.74, 6) is 0. The Morgan fingerprint density at radius 3 is 0.310 bits per heavy atom. The van der Waals surface area contributed by atoms with Crippen LogP contribution in [-0.4, -0.2) is 92.0 Å². The molecule has 264 valence electrons. The van der Waals surface area contributed by atoms with Gasteiger partial charge in [-0.05, 0) is 77.0 Å². The number of hydrogen-bond acceptors (Lipinski definition) is 0. The molecule has 0 atom stereocenters. The molecule has 0 fully saturated rings. The third-order valence-corrected chi connectivity index (χ3v) is 8.38. The largest absolute Gasteiger partial charge is 1.00 e. The Morgan fingerprint density at radius 1 is 0.190 bits per heavy atom. The molecule has 0 aromatic rings. The molecule has 0 radical (unpaired) electrons. The lowest BCUT2D eigenvalue weighted by atomic mass is 10.2. The molecule has 0 aliphatic heterocycles. The second-order valence-corrected chi connectivity index (χ2v) is 12.7. The molecule has 0 amide bonds. The lowest BCUT2D eigenvalue weighted by Gasteiger charge is -2.38. The van der Waals surface area contributed by atoms with E-state index >= 15 is 0 Å². The summed E-state index contributed by atoms with van der Waals surface area (Å²) < 4.78 is 4.12. The average Bonchev–Trinajstić information content (AvgIpc) is 2.87. The van der Waals surface area contributed by atoms with E-state index in [1.54, 1.807) is 0 Å². The third kappa shape index (κ3) is 27.6. The van der Waals surface area contributed by atoms with Gasteiger partial charge in [-0.3, -0.25) is 0 Å². The molecule has 0 bridgehead atoms. The molecule has 3 nitrogen and oxygen atoms in total. The number of rotatable bonds is 24. The summed E-state index contributed by atoms with van der Waals surface area (Å²) in [5, 5.41) is 0. The molecule has 0 heterocycles. The minimum absolute atomic E-state index is 0. The van der Waals surface area contributed by atoms with E-state index in [1.807, 2.05) is 0 Å². The molecule has 0 aliphatic rings. The standard InChI is InChI=1S/3C12H28N.3BrH/c3*1-5-9-13(10-6-2,11-7-3)12-8-4;;;/h3*5-12H2,1-4H3;3*1H/q3*+1;;;/p-3. The van der Waals surface area contributed by atoms with Gasteiger partial charge in [-0.25, -0.2) is 0 Å². The van der Waals surface area contributed by atoms with Crippen molar-refractivity contribution in [1.29, 1.82) is 0 Å². The fourth-order valence-corrected chi connectivity index (χ4v) is 7.70. The van der Waals surface area contributed by atoms with E-state index in [2.05, 4.69) is 83.1 Å². The van der Waals surface area contributed by atoms with Crippen LogP contribution in [0.3, 0.4) is 0 Å². The number of hydrogen-bond donors (Lipinski definition) is 0. The number of nitrogens with zero attached hydrogens (tertiary/aromatic N) is 3. The van der Waals surface area contributed by atoms with Gasteiger partial charge in [-0.15, -0.1) is 0 Å². The van der Waals surface area contributed by atoms with E-state index < -0.39 is 0 Å². The molecule has 0 saturated heterocycles. The Kier molecular flexibility index (Phi) is 51.1. The Balaban J connectivity index is -0.000000112. The molecular formula is C36H84Br3N3. The van der Waals surface area contributed by atoms with Gasteiger partial charge in [0.25, 0.3) is 0 Å². The highest BCUT2D eigenvalue weighted by Gasteiger charge is 2.24. The van der Waals surface area contributed by atoms with Crippen molar-refractivity contribution < 1.29 is 64.4 Å². The smallest absolute Gasteiger partial charge is 0.0783 e. The monoisotopic (exact) mass is 795 g/mol. The highest BCUT2D eigenvalue weighted by molar-refractivity contribution is 4.46. The van der Waals surface area contributed by atoms with Crippen LogP contribution < -0.4 is 50.9 Å². The van der Waals surface area contributed by atoms with Gasteiger partial charge in [0, 0.05) is 0 Å². The molecule has 0 aromatic heterocycles. The zero-order valence-electron chi connectivity index (χ0n) is 31.4. The van der Waals surface area contributed by atoms with Crippen molar-refractivity contribution in [2.24, 2.45) is 0 Å². The van der Waals surface area contributed by atoms with E-state index in [-0.39, 0.29) is 50.9 Å². The van der Waals surface area contributed by atoms with Crippen LogP contribution in [0.25, 0.3) is 0 Å². The Hall–Kier alpha value is 1.32. The fraction of sp³-hybridized carbons (Fsp3) is 1.00. The lowest BCUT2D eigenvalue weighted by Crippen LogP contribution is -3.00. The van der Waals surface area contributed by atoms with Crippen LogP contribution in [0.1, 0.15) is 160 Å². The summed E-state index contributed by atoms with van der Waals surface area (Å²) >= 11 is 0. The molecule has 0 aliphatic carbocycles. The second kappa shape index (κ2) is 38.5. The lowest BCUT2D eigenvalue weighted by molar-refractivity contribution is -0.928. The first-order chi connectivity index (χ1) is 18.7. The van der Waals surface area contributed by atoms with Crippen LogP contribution in [0, 0.1) is 0 Å². The van der Waals surface area contributed by atoms with Crippen molar-refractivity contribution in [1.82, 2.24) is 0 Å².